The molecule has 0 saturated heterocycles. The van der Waals surface area contributed by atoms with Crippen LogP contribution in [0.25, 0.3) is 0 Å². The molecule has 1 fully saturated rings. The van der Waals surface area contributed by atoms with E-state index in [-0.39, 0.29) is 5.91 Å². The molecule has 0 atom stereocenters. The lowest BCUT2D eigenvalue weighted by Crippen LogP contribution is -2.33. The van der Waals surface area contributed by atoms with Crippen LogP contribution >= 0.6 is 11.6 Å². The van der Waals surface area contributed by atoms with Gasteiger partial charge in [0.05, 0.1) is 12.4 Å². The van der Waals surface area contributed by atoms with Crippen molar-refractivity contribution in [3.05, 3.63) is 35.9 Å². The summed E-state index contributed by atoms with van der Waals surface area (Å²) < 4.78 is 0. The molecular weight excluding hydrogens is 226 g/mol. The highest BCUT2D eigenvalue weighted by molar-refractivity contribution is 6.29. The van der Waals surface area contributed by atoms with Crippen molar-refractivity contribution >= 4 is 17.5 Å². The van der Waals surface area contributed by atoms with Crippen molar-refractivity contribution in [2.24, 2.45) is 0 Å². The van der Waals surface area contributed by atoms with Gasteiger partial charge in [-0.2, -0.15) is 0 Å². The predicted molar refractivity (Wildman–Crippen MR) is 61.3 cm³/mol. The maximum Gasteiger partial charge on any atom is 0.274 e. The van der Waals surface area contributed by atoms with Gasteiger partial charge in [-0.1, -0.05) is 17.7 Å². The van der Waals surface area contributed by atoms with Crippen molar-refractivity contribution in [1.82, 2.24) is 14.9 Å². The fourth-order valence-corrected chi connectivity index (χ4v) is 1.59. The molecule has 84 valence electrons. The first-order chi connectivity index (χ1) is 7.72. The quantitative estimate of drug-likeness (QED) is 0.752. The number of amides is 1. The van der Waals surface area contributed by atoms with Crippen LogP contribution < -0.4 is 0 Å². The molecule has 4 nitrogen and oxygen atoms in total. The Balaban J connectivity index is 2.15. The van der Waals surface area contributed by atoms with E-state index < -0.39 is 0 Å². The summed E-state index contributed by atoms with van der Waals surface area (Å²) in [5, 5.41) is 0.290. The first-order valence-corrected chi connectivity index (χ1v) is 5.49. The zero-order chi connectivity index (χ0) is 11.5. The number of carbonyl (C=O) groups is 1. The summed E-state index contributed by atoms with van der Waals surface area (Å²) in [6, 6.07) is 0.336. The van der Waals surface area contributed by atoms with E-state index in [2.05, 4.69) is 16.5 Å². The third-order valence-electron chi connectivity index (χ3n) is 2.41. The van der Waals surface area contributed by atoms with Gasteiger partial charge in [-0.3, -0.25) is 4.79 Å². The fourth-order valence-electron chi connectivity index (χ4n) is 1.49. The highest BCUT2D eigenvalue weighted by atomic mass is 35.5. The molecule has 1 heterocycles. The van der Waals surface area contributed by atoms with Crippen LogP contribution in [0, 0.1) is 0 Å². The summed E-state index contributed by atoms with van der Waals surface area (Å²) in [6.45, 7) is 4.20. The van der Waals surface area contributed by atoms with Gasteiger partial charge >= 0.3 is 0 Å². The normalized spacial score (nSPS) is 14.6. The first-order valence-electron chi connectivity index (χ1n) is 5.12. The van der Waals surface area contributed by atoms with Gasteiger partial charge < -0.3 is 4.90 Å². The van der Waals surface area contributed by atoms with Crippen LogP contribution in [0.4, 0.5) is 0 Å². The van der Waals surface area contributed by atoms with Crippen molar-refractivity contribution in [2.45, 2.75) is 18.9 Å². The van der Waals surface area contributed by atoms with Crippen LogP contribution in [-0.4, -0.2) is 33.4 Å². The standard InChI is InChI=1S/C11H12ClN3O/c1-2-5-15(8-3-4-8)11(16)9-6-14-10(12)7-13-9/h2,6-8H,1,3-5H2. The van der Waals surface area contributed by atoms with Gasteiger partial charge in [0, 0.05) is 12.6 Å². The maximum absolute atomic E-state index is 12.1. The molecule has 1 aliphatic rings. The van der Waals surface area contributed by atoms with E-state index in [4.69, 9.17) is 11.6 Å². The van der Waals surface area contributed by atoms with Crippen molar-refractivity contribution in [3.8, 4) is 0 Å². The van der Waals surface area contributed by atoms with E-state index in [1.165, 1.54) is 12.4 Å². The molecule has 0 spiro atoms. The summed E-state index contributed by atoms with van der Waals surface area (Å²) in [6.07, 6.45) is 6.62. The first kappa shape index (κ1) is 11.1. The molecule has 0 aromatic carbocycles. The van der Waals surface area contributed by atoms with Crippen LogP contribution in [0.5, 0.6) is 0 Å². The van der Waals surface area contributed by atoms with Crippen LogP contribution in [0.1, 0.15) is 23.3 Å². The van der Waals surface area contributed by atoms with E-state index in [1.807, 2.05) is 0 Å². The molecule has 1 aliphatic carbocycles. The molecular formula is C11H12ClN3O. The zero-order valence-electron chi connectivity index (χ0n) is 8.77. The van der Waals surface area contributed by atoms with Gasteiger partial charge in [0.2, 0.25) is 0 Å². The Morgan fingerprint density at radius 1 is 1.56 bits per heavy atom. The number of carbonyl (C=O) groups excluding carboxylic acids is 1. The monoisotopic (exact) mass is 237 g/mol. The van der Waals surface area contributed by atoms with Crippen LogP contribution in [0.3, 0.4) is 0 Å². The van der Waals surface area contributed by atoms with Gasteiger partial charge in [0.15, 0.2) is 0 Å². The van der Waals surface area contributed by atoms with Crippen LogP contribution in [0.15, 0.2) is 25.0 Å². The van der Waals surface area contributed by atoms with Crippen molar-refractivity contribution < 1.29 is 4.79 Å². The highest BCUT2D eigenvalue weighted by Crippen LogP contribution is 2.27. The Labute approximate surface area is 99.0 Å². The molecule has 1 aromatic rings. The molecule has 16 heavy (non-hydrogen) atoms. The van der Waals surface area contributed by atoms with Crippen LogP contribution in [0.2, 0.25) is 5.15 Å². The summed E-state index contributed by atoms with van der Waals surface area (Å²) >= 11 is 5.62. The maximum atomic E-state index is 12.1. The van der Waals surface area contributed by atoms with Gasteiger partial charge in [0.25, 0.3) is 5.91 Å². The number of nitrogens with zero attached hydrogens (tertiary/aromatic N) is 3. The number of hydrogen-bond donors (Lipinski definition) is 0. The third kappa shape index (κ3) is 2.39. The molecule has 0 aliphatic heterocycles. The van der Waals surface area contributed by atoms with E-state index >= 15 is 0 Å². The average molecular weight is 238 g/mol. The SMILES string of the molecule is C=CCN(C(=O)c1cnc(Cl)cn1)C1CC1. The van der Waals surface area contributed by atoms with E-state index in [0.717, 1.165) is 12.8 Å². The second kappa shape index (κ2) is 4.61. The molecule has 1 amide bonds. The van der Waals surface area contributed by atoms with E-state index in [0.29, 0.717) is 23.4 Å². The van der Waals surface area contributed by atoms with Gasteiger partial charge in [-0.25, -0.2) is 9.97 Å². The average Bonchev–Trinajstić information content (AvgIpc) is 3.10. The third-order valence-corrected chi connectivity index (χ3v) is 2.61. The lowest BCUT2D eigenvalue weighted by molar-refractivity contribution is 0.0756. The predicted octanol–water partition coefficient (Wildman–Crippen LogP) is 1.92. The molecule has 0 N–H and O–H groups in total. The molecule has 0 unspecified atom stereocenters. The lowest BCUT2D eigenvalue weighted by atomic mass is 10.3. The van der Waals surface area contributed by atoms with Crippen molar-refractivity contribution in [2.75, 3.05) is 6.54 Å². The summed E-state index contributed by atoms with van der Waals surface area (Å²) in [5.74, 6) is -0.105. The number of halogens is 1. The Morgan fingerprint density at radius 3 is 2.81 bits per heavy atom. The second-order valence-electron chi connectivity index (χ2n) is 3.70. The number of aromatic nitrogens is 2. The van der Waals surface area contributed by atoms with E-state index in [1.54, 1.807) is 11.0 Å². The van der Waals surface area contributed by atoms with Crippen molar-refractivity contribution in [3.63, 3.8) is 0 Å². The second-order valence-corrected chi connectivity index (χ2v) is 4.09. The summed E-state index contributed by atoms with van der Waals surface area (Å²) in [5.41, 5.74) is 0.332. The van der Waals surface area contributed by atoms with Crippen molar-refractivity contribution in [1.29, 1.82) is 0 Å². The smallest absolute Gasteiger partial charge is 0.274 e. The highest BCUT2D eigenvalue weighted by Gasteiger charge is 2.32. The molecule has 1 saturated carbocycles. The minimum atomic E-state index is -0.105. The topological polar surface area (TPSA) is 46.1 Å². The Bertz CT molecular complexity index is 400. The summed E-state index contributed by atoms with van der Waals surface area (Å²) in [7, 11) is 0. The summed E-state index contributed by atoms with van der Waals surface area (Å²) in [4.78, 5) is 21.7. The lowest BCUT2D eigenvalue weighted by Gasteiger charge is -2.19. The fraction of sp³-hybridized carbons (Fsp3) is 0.364. The Kier molecular flexibility index (Phi) is 3.19. The number of rotatable bonds is 4. The van der Waals surface area contributed by atoms with Crippen LogP contribution in [-0.2, 0) is 0 Å². The molecule has 0 radical (unpaired) electrons. The number of hydrogen-bond acceptors (Lipinski definition) is 3. The molecule has 1 aromatic heterocycles. The Hall–Kier alpha value is -1.42. The Morgan fingerprint density at radius 2 is 2.31 bits per heavy atom. The zero-order valence-corrected chi connectivity index (χ0v) is 9.52. The molecule has 2 rings (SSSR count). The van der Waals surface area contributed by atoms with E-state index in [9.17, 15) is 4.79 Å². The largest absolute Gasteiger partial charge is 0.331 e. The minimum Gasteiger partial charge on any atom is -0.331 e. The van der Waals surface area contributed by atoms with Gasteiger partial charge in [-0.15, -0.1) is 6.58 Å². The van der Waals surface area contributed by atoms with Gasteiger partial charge in [-0.05, 0) is 12.8 Å². The molecule has 5 heteroatoms. The minimum absolute atomic E-state index is 0.105. The van der Waals surface area contributed by atoms with Gasteiger partial charge in [0.1, 0.15) is 10.8 Å². The molecule has 0 bridgehead atoms.